The van der Waals surface area contributed by atoms with Crippen molar-refractivity contribution in [3.63, 3.8) is 0 Å². The molecule has 1 aromatic rings. The van der Waals surface area contributed by atoms with E-state index in [0.717, 1.165) is 6.42 Å². The first-order valence-electron chi connectivity index (χ1n) is 11.1. The second-order valence-electron chi connectivity index (χ2n) is 8.68. The number of aliphatic carboxylic acids is 2. The maximum absolute atomic E-state index is 13.1. The zero-order valence-corrected chi connectivity index (χ0v) is 19.2. The van der Waals surface area contributed by atoms with Crippen molar-refractivity contribution in [2.24, 2.45) is 5.92 Å². The molecule has 13 nitrogen and oxygen atoms in total. The molecule has 1 aromatic heterocycles. The Kier molecular flexibility index (Phi) is 9.98. The van der Waals surface area contributed by atoms with Gasteiger partial charge in [0.2, 0.25) is 17.7 Å². The minimum Gasteiger partial charge on any atom is -0.481 e. The molecule has 188 valence electrons. The van der Waals surface area contributed by atoms with Crippen molar-refractivity contribution >= 4 is 29.7 Å². The highest BCUT2D eigenvalue weighted by Crippen LogP contribution is 2.10. The number of rotatable bonds is 13. The summed E-state index contributed by atoms with van der Waals surface area (Å²) in [6, 6.07) is -4.22. The predicted molar refractivity (Wildman–Crippen MR) is 118 cm³/mol. The van der Waals surface area contributed by atoms with E-state index >= 15 is 0 Å². The number of aromatic amines is 1. The molecular weight excluding hydrogens is 448 g/mol. The van der Waals surface area contributed by atoms with Crippen LogP contribution in [0.5, 0.6) is 0 Å². The highest BCUT2D eigenvalue weighted by atomic mass is 16.4. The highest BCUT2D eigenvalue weighted by Gasteiger charge is 2.32. The minimum absolute atomic E-state index is 0.0521. The number of hydrogen-bond donors (Lipinski definition) is 7. The Morgan fingerprint density at radius 3 is 2.26 bits per heavy atom. The van der Waals surface area contributed by atoms with Crippen LogP contribution in [0.2, 0.25) is 0 Å². The van der Waals surface area contributed by atoms with Crippen LogP contribution in [-0.4, -0.2) is 80.6 Å². The molecule has 2 rings (SSSR count). The maximum atomic E-state index is 13.1. The topological polar surface area (TPSA) is 203 Å². The van der Waals surface area contributed by atoms with Crippen molar-refractivity contribution in [3.05, 3.63) is 18.2 Å². The molecule has 34 heavy (non-hydrogen) atoms. The van der Waals surface area contributed by atoms with E-state index in [0.29, 0.717) is 25.1 Å². The lowest BCUT2D eigenvalue weighted by molar-refractivity contribution is -0.147. The molecule has 0 aliphatic carbocycles. The lowest BCUT2D eigenvalue weighted by Crippen LogP contribution is -2.58. The SMILES string of the molecule is CC(C)CC(NC(=O)C1CCCN1)C(=O)NC(Cc1cnc[nH]1)C(=O)NC(CC(=O)O)C(=O)O. The van der Waals surface area contributed by atoms with E-state index in [2.05, 4.69) is 31.2 Å². The van der Waals surface area contributed by atoms with E-state index in [1.165, 1.54) is 12.5 Å². The number of hydrogen-bond acceptors (Lipinski definition) is 7. The largest absolute Gasteiger partial charge is 0.481 e. The summed E-state index contributed by atoms with van der Waals surface area (Å²) in [5.41, 5.74) is 0.491. The number of nitrogens with one attached hydrogen (secondary N) is 5. The summed E-state index contributed by atoms with van der Waals surface area (Å²) in [5.74, 6) is -4.65. The Bertz CT molecular complexity index is 867. The number of carboxylic acids is 2. The van der Waals surface area contributed by atoms with Crippen LogP contribution in [0.4, 0.5) is 0 Å². The summed E-state index contributed by atoms with van der Waals surface area (Å²) in [6.45, 7) is 4.49. The van der Waals surface area contributed by atoms with Crippen LogP contribution in [0.3, 0.4) is 0 Å². The first kappa shape index (κ1) is 26.8. The van der Waals surface area contributed by atoms with Crippen LogP contribution in [0, 0.1) is 5.92 Å². The summed E-state index contributed by atoms with van der Waals surface area (Å²) in [6.07, 6.45) is 3.78. The van der Waals surface area contributed by atoms with Gasteiger partial charge < -0.3 is 36.5 Å². The van der Waals surface area contributed by atoms with Gasteiger partial charge in [0, 0.05) is 18.3 Å². The molecule has 1 fully saturated rings. The number of aromatic nitrogens is 2. The van der Waals surface area contributed by atoms with Crippen molar-refractivity contribution in [3.8, 4) is 0 Å². The standard InChI is InChI=1S/C21H32N6O7/c1-11(2)6-14(25-18(30)13-4-3-5-23-13)19(31)26-15(7-12-9-22-10-24-12)20(32)27-16(21(33)34)8-17(28)29/h9-11,13-16,23H,3-8H2,1-2H3,(H,22,24)(H,25,30)(H,26,31)(H,27,32)(H,28,29)(H,33,34). The first-order chi connectivity index (χ1) is 16.1. The molecule has 2 heterocycles. The lowest BCUT2D eigenvalue weighted by atomic mass is 10.0. The number of H-pyrrole nitrogens is 1. The molecule has 3 amide bonds. The average molecular weight is 481 g/mol. The monoisotopic (exact) mass is 480 g/mol. The normalized spacial score (nSPS) is 18.0. The number of amides is 3. The van der Waals surface area contributed by atoms with Gasteiger partial charge in [0.1, 0.15) is 18.1 Å². The molecule has 1 aliphatic rings. The van der Waals surface area contributed by atoms with Gasteiger partial charge in [-0.25, -0.2) is 9.78 Å². The van der Waals surface area contributed by atoms with Crippen molar-refractivity contribution in [1.82, 2.24) is 31.2 Å². The molecule has 7 N–H and O–H groups in total. The first-order valence-corrected chi connectivity index (χ1v) is 11.1. The lowest BCUT2D eigenvalue weighted by Gasteiger charge is -2.25. The summed E-state index contributed by atoms with van der Waals surface area (Å²) < 4.78 is 0. The average Bonchev–Trinajstić information content (AvgIpc) is 3.45. The van der Waals surface area contributed by atoms with E-state index in [1.54, 1.807) is 0 Å². The number of carboxylic acid groups (broad SMARTS) is 2. The third-order valence-corrected chi connectivity index (χ3v) is 5.32. The number of carbonyl (C=O) groups excluding carboxylic acids is 3. The van der Waals surface area contributed by atoms with Gasteiger partial charge in [-0.2, -0.15) is 0 Å². The number of imidazole rings is 1. The van der Waals surface area contributed by atoms with Crippen molar-refractivity contribution in [1.29, 1.82) is 0 Å². The summed E-state index contributed by atoms with van der Waals surface area (Å²) in [5, 5.41) is 28.7. The van der Waals surface area contributed by atoms with Gasteiger partial charge in [-0.15, -0.1) is 0 Å². The number of nitrogens with zero attached hydrogens (tertiary/aromatic N) is 1. The second-order valence-corrected chi connectivity index (χ2v) is 8.68. The summed E-state index contributed by atoms with van der Waals surface area (Å²) >= 11 is 0. The Balaban J connectivity index is 2.16. The summed E-state index contributed by atoms with van der Waals surface area (Å²) in [7, 11) is 0. The van der Waals surface area contributed by atoms with E-state index in [1.807, 2.05) is 13.8 Å². The van der Waals surface area contributed by atoms with Crippen molar-refractivity contribution in [2.75, 3.05) is 6.54 Å². The Morgan fingerprint density at radius 2 is 1.74 bits per heavy atom. The Hall–Kier alpha value is -3.48. The maximum Gasteiger partial charge on any atom is 0.326 e. The van der Waals surface area contributed by atoms with E-state index in [9.17, 15) is 29.1 Å². The molecule has 0 aromatic carbocycles. The smallest absolute Gasteiger partial charge is 0.326 e. The predicted octanol–water partition coefficient (Wildman–Crippen LogP) is -1.24. The molecule has 1 saturated heterocycles. The summed E-state index contributed by atoms with van der Waals surface area (Å²) in [4.78, 5) is 67.5. The van der Waals surface area contributed by atoms with Gasteiger partial charge in [-0.3, -0.25) is 19.2 Å². The van der Waals surface area contributed by atoms with Crippen LogP contribution >= 0.6 is 0 Å². The molecule has 0 spiro atoms. The molecule has 13 heteroatoms. The Labute approximate surface area is 196 Å². The van der Waals surface area contributed by atoms with Gasteiger partial charge in [-0.05, 0) is 31.7 Å². The molecule has 0 radical (unpaired) electrons. The molecule has 4 unspecified atom stereocenters. The van der Waals surface area contributed by atoms with Crippen LogP contribution in [-0.2, 0) is 30.4 Å². The molecule has 4 atom stereocenters. The van der Waals surface area contributed by atoms with E-state index in [-0.39, 0.29) is 24.3 Å². The Morgan fingerprint density at radius 1 is 1.06 bits per heavy atom. The quantitative estimate of drug-likeness (QED) is 0.180. The van der Waals surface area contributed by atoms with Gasteiger partial charge in [0.15, 0.2) is 0 Å². The molecule has 0 saturated carbocycles. The van der Waals surface area contributed by atoms with E-state index < -0.39 is 48.3 Å². The van der Waals surface area contributed by atoms with Crippen LogP contribution < -0.4 is 21.3 Å². The second kappa shape index (κ2) is 12.7. The fourth-order valence-corrected chi connectivity index (χ4v) is 3.63. The van der Waals surface area contributed by atoms with Crippen molar-refractivity contribution < 1.29 is 34.2 Å². The van der Waals surface area contributed by atoms with Gasteiger partial charge >= 0.3 is 11.9 Å². The van der Waals surface area contributed by atoms with Gasteiger partial charge in [0.25, 0.3) is 0 Å². The van der Waals surface area contributed by atoms with Crippen molar-refractivity contribution in [2.45, 2.75) is 70.1 Å². The van der Waals surface area contributed by atoms with E-state index in [4.69, 9.17) is 5.11 Å². The molecule has 0 bridgehead atoms. The van der Waals surface area contributed by atoms with Crippen LogP contribution in [0.1, 0.15) is 45.2 Å². The third kappa shape index (κ3) is 8.46. The minimum atomic E-state index is -1.68. The third-order valence-electron chi connectivity index (χ3n) is 5.32. The fourth-order valence-electron chi connectivity index (χ4n) is 3.63. The number of carbonyl (C=O) groups is 5. The van der Waals surface area contributed by atoms with Crippen LogP contribution in [0.15, 0.2) is 12.5 Å². The van der Waals surface area contributed by atoms with Gasteiger partial charge in [-0.1, -0.05) is 13.8 Å². The zero-order chi connectivity index (χ0) is 25.3. The zero-order valence-electron chi connectivity index (χ0n) is 19.2. The molecular formula is C21H32N6O7. The fraction of sp³-hybridized carbons (Fsp3) is 0.619. The molecule has 1 aliphatic heterocycles. The van der Waals surface area contributed by atoms with Crippen LogP contribution in [0.25, 0.3) is 0 Å². The highest BCUT2D eigenvalue weighted by molar-refractivity contribution is 5.94. The van der Waals surface area contributed by atoms with Gasteiger partial charge in [0.05, 0.1) is 18.8 Å².